The zero-order valence-electron chi connectivity index (χ0n) is 11.8. The standard InChI is InChI=1S/C15H22O4/c1-15(2,9-4-10-16)14(17)19-11-12-5-7-13(18-3)8-6-12/h5-8,16H,4,9-11H2,1-3H3. The number of rotatable bonds is 7. The van der Waals surface area contributed by atoms with Crippen LogP contribution in [0.15, 0.2) is 24.3 Å². The van der Waals surface area contributed by atoms with E-state index in [0.29, 0.717) is 12.8 Å². The van der Waals surface area contributed by atoms with Crippen LogP contribution < -0.4 is 4.74 Å². The highest BCUT2D eigenvalue weighted by molar-refractivity contribution is 5.75. The van der Waals surface area contributed by atoms with E-state index in [9.17, 15) is 4.79 Å². The molecular weight excluding hydrogens is 244 g/mol. The van der Waals surface area contributed by atoms with Gasteiger partial charge in [-0.1, -0.05) is 12.1 Å². The van der Waals surface area contributed by atoms with Crippen molar-refractivity contribution >= 4 is 5.97 Å². The quantitative estimate of drug-likeness (QED) is 0.770. The number of carbonyl (C=O) groups excluding carboxylic acids is 1. The van der Waals surface area contributed by atoms with Gasteiger partial charge in [0, 0.05) is 6.61 Å². The number of aliphatic hydroxyl groups excluding tert-OH is 1. The largest absolute Gasteiger partial charge is 0.497 e. The van der Waals surface area contributed by atoms with Gasteiger partial charge in [-0.2, -0.15) is 0 Å². The lowest BCUT2D eigenvalue weighted by atomic mass is 9.88. The molecule has 0 aromatic heterocycles. The summed E-state index contributed by atoms with van der Waals surface area (Å²) in [5.41, 5.74) is 0.363. The van der Waals surface area contributed by atoms with Crippen molar-refractivity contribution in [1.29, 1.82) is 0 Å². The number of esters is 1. The number of hydrogen-bond acceptors (Lipinski definition) is 4. The second-order valence-corrected chi connectivity index (χ2v) is 5.14. The third-order valence-electron chi connectivity index (χ3n) is 3.04. The van der Waals surface area contributed by atoms with E-state index in [0.717, 1.165) is 11.3 Å². The Kier molecular flexibility index (Phi) is 5.83. The maximum Gasteiger partial charge on any atom is 0.311 e. The molecule has 0 amide bonds. The molecular formula is C15H22O4. The number of carbonyl (C=O) groups is 1. The predicted molar refractivity (Wildman–Crippen MR) is 72.9 cm³/mol. The molecule has 0 fully saturated rings. The van der Waals surface area contributed by atoms with Crippen molar-refractivity contribution in [2.45, 2.75) is 33.3 Å². The van der Waals surface area contributed by atoms with Crippen molar-refractivity contribution in [2.75, 3.05) is 13.7 Å². The number of methoxy groups -OCH3 is 1. The fourth-order valence-electron chi connectivity index (χ4n) is 1.69. The summed E-state index contributed by atoms with van der Waals surface area (Å²) in [7, 11) is 1.61. The highest BCUT2D eigenvalue weighted by atomic mass is 16.5. The van der Waals surface area contributed by atoms with E-state index < -0.39 is 5.41 Å². The normalized spacial score (nSPS) is 11.2. The van der Waals surface area contributed by atoms with E-state index in [1.54, 1.807) is 7.11 Å². The third-order valence-corrected chi connectivity index (χ3v) is 3.04. The van der Waals surface area contributed by atoms with Crippen molar-refractivity contribution in [3.8, 4) is 5.75 Å². The van der Waals surface area contributed by atoms with E-state index in [1.807, 2.05) is 38.1 Å². The molecule has 1 aromatic carbocycles. The van der Waals surface area contributed by atoms with Crippen LogP contribution in [-0.4, -0.2) is 24.8 Å². The van der Waals surface area contributed by atoms with Gasteiger partial charge in [-0.25, -0.2) is 0 Å². The molecule has 0 aliphatic carbocycles. The Morgan fingerprint density at radius 3 is 2.42 bits per heavy atom. The number of ether oxygens (including phenoxy) is 2. The van der Waals surface area contributed by atoms with Crippen molar-refractivity contribution in [2.24, 2.45) is 5.41 Å². The molecule has 4 heteroatoms. The maximum absolute atomic E-state index is 11.9. The minimum Gasteiger partial charge on any atom is -0.497 e. The van der Waals surface area contributed by atoms with E-state index >= 15 is 0 Å². The molecule has 1 aromatic rings. The van der Waals surface area contributed by atoms with Crippen LogP contribution in [0.1, 0.15) is 32.3 Å². The van der Waals surface area contributed by atoms with E-state index in [1.165, 1.54) is 0 Å². The fraction of sp³-hybridized carbons (Fsp3) is 0.533. The van der Waals surface area contributed by atoms with Crippen LogP contribution in [0, 0.1) is 5.41 Å². The second-order valence-electron chi connectivity index (χ2n) is 5.14. The summed E-state index contributed by atoms with van der Waals surface area (Å²) >= 11 is 0. The highest BCUT2D eigenvalue weighted by Gasteiger charge is 2.28. The second kappa shape index (κ2) is 7.14. The van der Waals surface area contributed by atoms with Crippen LogP contribution in [0.3, 0.4) is 0 Å². The summed E-state index contributed by atoms with van der Waals surface area (Å²) < 4.78 is 10.4. The molecule has 19 heavy (non-hydrogen) atoms. The Balaban J connectivity index is 2.48. The molecule has 0 atom stereocenters. The molecule has 0 aliphatic rings. The summed E-state index contributed by atoms with van der Waals surface area (Å²) in [6, 6.07) is 7.40. The molecule has 0 radical (unpaired) electrons. The highest BCUT2D eigenvalue weighted by Crippen LogP contribution is 2.24. The lowest BCUT2D eigenvalue weighted by Crippen LogP contribution is -2.26. The fourth-order valence-corrected chi connectivity index (χ4v) is 1.69. The van der Waals surface area contributed by atoms with Gasteiger partial charge in [-0.05, 0) is 44.4 Å². The Labute approximate surface area is 114 Å². The van der Waals surface area contributed by atoms with Crippen LogP contribution >= 0.6 is 0 Å². The lowest BCUT2D eigenvalue weighted by molar-refractivity contribution is -0.155. The molecule has 4 nitrogen and oxygen atoms in total. The smallest absolute Gasteiger partial charge is 0.311 e. The molecule has 106 valence electrons. The van der Waals surface area contributed by atoms with Gasteiger partial charge >= 0.3 is 5.97 Å². The summed E-state index contributed by atoms with van der Waals surface area (Å²) in [5.74, 6) is 0.537. The van der Waals surface area contributed by atoms with Gasteiger partial charge < -0.3 is 14.6 Å². The molecule has 0 heterocycles. The zero-order valence-corrected chi connectivity index (χ0v) is 11.8. The van der Waals surface area contributed by atoms with Crippen LogP contribution in [0.5, 0.6) is 5.75 Å². The first kappa shape index (κ1) is 15.5. The molecule has 1 N–H and O–H groups in total. The monoisotopic (exact) mass is 266 g/mol. The van der Waals surface area contributed by atoms with Crippen LogP contribution in [-0.2, 0) is 16.1 Å². The van der Waals surface area contributed by atoms with Crippen LogP contribution in [0.25, 0.3) is 0 Å². The van der Waals surface area contributed by atoms with Crippen molar-refractivity contribution in [1.82, 2.24) is 0 Å². The van der Waals surface area contributed by atoms with Gasteiger partial charge in [0.1, 0.15) is 12.4 Å². The first-order valence-corrected chi connectivity index (χ1v) is 6.40. The molecule has 0 unspecified atom stereocenters. The summed E-state index contributed by atoms with van der Waals surface area (Å²) in [4.78, 5) is 11.9. The van der Waals surface area contributed by atoms with Crippen LogP contribution in [0.4, 0.5) is 0 Å². The number of aliphatic hydroxyl groups is 1. The predicted octanol–water partition coefficient (Wildman–Crippen LogP) is 2.54. The maximum atomic E-state index is 11.9. The van der Waals surface area contributed by atoms with E-state index in [4.69, 9.17) is 14.6 Å². The average Bonchev–Trinajstić information content (AvgIpc) is 2.43. The van der Waals surface area contributed by atoms with Crippen molar-refractivity contribution in [3.63, 3.8) is 0 Å². The first-order chi connectivity index (χ1) is 8.99. The molecule has 0 bridgehead atoms. The van der Waals surface area contributed by atoms with Gasteiger partial charge in [0.05, 0.1) is 12.5 Å². The van der Waals surface area contributed by atoms with Gasteiger partial charge in [0.15, 0.2) is 0 Å². The average molecular weight is 266 g/mol. The number of benzene rings is 1. The van der Waals surface area contributed by atoms with Crippen molar-refractivity contribution < 1.29 is 19.4 Å². The summed E-state index contributed by atoms with van der Waals surface area (Å²) in [6.07, 6.45) is 1.22. The summed E-state index contributed by atoms with van der Waals surface area (Å²) in [6.45, 7) is 4.01. The van der Waals surface area contributed by atoms with E-state index in [2.05, 4.69) is 0 Å². The third kappa shape index (κ3) is 4.91. The van der Waals surface area contributed by atoms with Gasteiger partial charge in [-0.15, -0.1) is 0 Å². The van der Waals surface area contributed by atoms with Crippen molar-refractivity contribution in [3.05, 3.63) is 29.8 Å². The molecule has 0 aliphatic heterocycles. The lowest BCUT2D eigenvalue weighted by Gasteiger charge is -2.22. The number of hydrogen-bond donors (Lipinski definition) is 1. The Bertz CT molecular complexity index is 395. The minimum atomic E-state index is -0.560. The SMILES string of the molecule is COc1ccc(COC(=O)C(C)(C)CCCO)cc1. The molecule has 0 saturated carbocycles. The molecule has 1 rings (SSSR count). The molecule has 0 spiro atoms. The Morgan fingerprint density at radius 1 is 1.26 bits per heavy atom. The first-order valence-electron chi connectivity index (χ1n) is 6.40. The zero-order chi connectivity index (χ0) is 14.3. The van der Waals surface area contributed by atoms with Gasteiger partial charge in [-0.3, -0.25) is 4.79 Å². The Morgan fingerprint density at radius 2 is 1.89 bits per heavy atom. The summed E-state index contributed by atoms with van der Waals surface area (Å²) in [5, 5.41) is 8.80. The topological polar surface area (TPSA) is 55.8 Å². The Hall–Kier alpha value is -1.55. The van der Waals surface area contributed by atoms with E-state index in [-0.39, 0.29) is 19.2 Å². The molecule has 0 saturated heterocycles. The van der Waals surface area contributed by atoms with Crippen LogP contribution in [0.2, 0.25) is 0 Å². The van der Waals surface area contributed by atoms with Gasteiger partial charge in [0.2, 0.25) is 0 Å². The van der Waals surface area contributed by atoms with Gasteiger partial charge in [0.25, 0.3) is 0 Å². The minimum absolute atomic E-state index is 0.0925.